The van der Waals surface area contributed by atoms with Crippen molar-refractivity contribution in [1.82, 2.24) is 0 Å². The molecule has 0 saturated carbocycles. The number of esters is 1. The van der Waals surface area contributed by atoms with E-state index in [0.717, 1.165) is 12.1 Å². The molecule has 1 aromatic rings. The summed E-state index contributed by atoms with van der Waals surface area (Å²) in [4.78, 5) is 11.4. The lowest BCUT2D eigenvalue weighted by molar-refractivity contribution is -0.152. The molecule has 0 aromatic heterocycles. The lowest BCUT2D eigenvalue weighted by atomic mass is 10.2. The SMILES string of the molecule is CC(C)(C)OC(=O)CNc1ccc(Cl)c(C(F)(F)F)c1. The number of ether oxygens (including phenoxy) is 1. The maximum absolute atomic E-state index is 12.6. The Morgan fingerprint density at radius 1 is 1.30 bits per heavy atom. The molecule has 1 N–H and O–H groups in total. The number of anilines is 1. The van der Waals surface area contributed by atoms with Crippen LogP contribution in [0.25, 0.3) is 0 Å². The number of carbonyl (C=O) groups excluding carboxylic acids is 1. The van der Waals surface area contributed by atoms with Gasteiger partial charge in [0, 0.05) is 5.69 Å². The van der Waals surface area contributed by atoms with Gasteiger partial charge < -0.3 is 10.1 Å². The first-order valence-electron chi connectivity index (χ1n) is 5.81. The molecule has 3 nitrogen and oxygen atoms in total. The molecule has 0 aliphatic rings. The number of hydrogen-bond acceptors (Lipinski definition) is 3. The van der Waals surface area contributed by atoms with Crippen molar-refractivity contribution < 1.29 is 22.7 Å². The highest BCUT2D eigenvalue weighted by molar-refractivity contribution is 6.31. The second-order valence-electron chi connectivity index (χ2n) is 5.13. The highest BCUT2D eigenvalue weighted by atomic mass is 35.5. The van der Waals surface area contributed by atoms with Gasteiger partial charge in [0.05, 0.1) is 10.6 Å². The van der Waals surface area contributed by atoms with E-state index in [4.69, 9.17) is 16.3 Å². The van der Waals surface area contributed by atoms with Crippen molar-refractivity contribution in [2.24, 2.45) is 0 Å². The van der Waals surface area contributed by atoms with E-state index in [9.17, 15) is 18.0 Å². The lowest BCUT2D eigenvalue weighted by Crippen LogP contribution is -2.28. The first kappa shape index (κ1) is 16.6. The smallest absolute Gasteiger partial charge is 0.417 e. The minimum Gasteiger partial charge on any atom is -0.459 e. The summed E-state index contributed by atoms with van der Waals surface area (Å²) in [6, 6.07) is 3.34. The fourth-order valence-electron chi connectivity index (χ4n) is 1.40. The average Bonchev–Trinajstić information content (AvgIpc) is 2.24. The van der Waals surface area contributed by atoms with E-state index >= 15 is 0 Å². The van der Waals surface area contributed by atoms with E-state index in [0.29, 0.717) is 0 Å². The van der Waals surface area contributed by atoms with E-state index in [-0.39, 0.29) is 17.3 Å². The topological polar surface area (TPSA) is 38.3 Å². The summed E-state index contributed by atoms with van der Waals surface area (Å²) in [6.07, 6.45) is -4.54. The van der Waals surface area contributed by atoms with E-state index in [1.807, 2.05) is 0 Å². The van der Waals surface area contributed by atoms with Gasteiger partial charge in [-0.2, -0.15) is 13.2 Å². The Kier molecular flexibility index (Phi) is 4.91. The molecule has 1 rings (SSSR count). The predicted octanol–water partition coefficient (Wildman–Crippen LogP) is 4.11. The molecular weight excluding hydrogens is 295 g/mol. The van der Waals surface area contributed by atoms with Crippen molar-refractivity contribution in [2.45, 2.75) is 32.5 Å². The Bertz CT molecular complexity index is 495. The molecule has 112 valence electrons. The molecule has 1 aromatic carbocycles. The number of alkyl halides is 3. The monoisotopic (exact) mass is 309 g/mol. The normalized spacial score (nSPS) is 12.2. The zero-order valence-corrected chi connectivity index (χ0v) is 12.0. The lowest BCUT2D eigenvalue weighted by Gasteiger charge is -2.20. The minimum absolute atomic E-state index is 0.146. The van der Waals surface area contributed by atoms with Crippen molar-refractivity contribution in [3.05, 3.63) is 28.8 Å². The van der Waals surface area contributed by atoms with Crippen LogP contribution in [0.5, 0.6) is 0 Å². The van der Waals surface area contributed by atoms with Crippen LogP contribution < -0.4 is 5.32 Å². The molecule has 0 heterocycles. The third-order valence-electron chi connectivity index (χ3n) is 2.13. The fourth-order valence-corrected chi connectivity index (χ4v) is 1.63. The molecule has 0 aliphatic carbocycles. The molecule has 0 amide bonds. The van der Waals surface area contributed by atoms with Gasteiger partial charge in [-0.05, 0) is 39.0 Å². The molecule has 7 heteroatoms. The Balaban J connectivity index is 2.73. The number of nitrogens with one attached hydrogen (secondary N) is 1. The van der Waals surface area contributed by atoms with Crippen LogP contribution in [0.4, 0.5) is 18.9 Å². The Labute approximate surface area is 120 Å². The van der Waals surface area contributed by atoms with Crippen molar-refractivity contribution >= 4 is 23.3 Å². The van der Waals surface area contributed by atoms with Crippen LogP contribution in [0.1, 0.15) is 26.3 Å². The molecule has 0 aliphatic heterocycles. The van der Waals surface area contributed by atoms with Crippen LogP contribution in [-0.4, -0.2) is 18.1 Å². The van der Waals surface area contributed by atoms with Crippen LogP contribution in [0.3, 0.4) is 0 Å². The van der Waals surface area contributed by atoms with Crippen LogP contribution >= 0.6 is 11.6 Å². The first-order chi connectivity index (χ1) is 8.99. The van der Waals surface area contributed by atoms with Crippen LogP contribution in [0, 0.1) is 0 Å². The molecule has 20 heavy (non-hydrogen) atoms. The Morgan fingerprint density at radius 3 is 2.40 bits per heavy atom. The second-order valence-corrected chi connectivity index (χ2v) is 5.54. The molecular formula is C13H15ClF3NO2. The van der Waals surface area contributed by atoms with E-state index < -0.39 is 23.3 Å². The highest BCUT2D eigenvalue weighted by Crippen LogP contribution is 2.36. The van der Waals surface area contributed by atoms with Crippen molar-refractivity contribution in [3.63, 3.8) is 0 Å². The van der Waals surface area contributed by atoms with Gasteiger partial charge >= 0.3 is 12.1 Å². The van der Waals surface area contributed by atoms with E-state index in [2.05, 4.69) is 5.32 Å². The number of benzene rings is 1. The summed E-state index contributed by atoms with van der Waals surface area (Å²) >= 11 is 5.49. The van der Waals surface area contributed by atoms with Gasteiger partial charge in [-0.3, -0.25) is 4.79 Å². The molecule has 0 spiro atoms. The quantitative estimate of drug-likeness (QED) is 0.854. The molecule has 0 unspecified atom stereocenters. The second kappa shape index (κ2) is 5.91. The Hall–Kier alpha value is -1.43. The number of hydrogen-bond donors (Lipinski definition) is 1. The Morgan fingerprint density at radius 2 is 1.90 bits per heavy atom. The third kappa shape index (κ3) is 5.28. The van der Waals surface area contributed by atoms with Crippen molar-refractivity contribution in [1.29, 1.82) is 0 Å². The maximum atomic E-state index is 12.6. The van der Waals surface area contributed by atoms with Crippen LogP contribution in [0.2, 0.25) is 5.02 Å². The third-order valence-corrected chi connectivity index (χ3v) is 2.46. The van der Waals surface area contributed by atoms with Crippen LogP contribution in [0.15, 0.2) is 18.2 Å². The van der Waals surface area contributed by atoms with Crippen molar-refractivity contribution in [3.8, 4) is 0 Å². The van der Waals surface area contributed by atoms with Crippen LogP contribution in [-0.2, 0) is 15.7 Å². The molecule has 0 saturated heterocycles. The highest BCUT2D eigenvalue weighted by Gasteiger charge is 2.33. The molecule has 0 bridgehead atoms. The standard InChI is InChI=1S/C13H15ClF3NO2/c1-12(2,3)20-11(19)7-18-8-4-5-10(14)9(6-8)13(15,16)17/h4-6,18H,7H2,1-3H3. The zero-order chi connectivity index (χ0) is 15.6. The predicted molar refractivity (Wildman–Crippen MR) is 70.8 cm³/mol. The first-order valence-corrected chi connectivity index (χ1v) is 6.19. The largest absolute Gasteiger partial charge is 0.459 e. The van der Waals surface area contributed by atoms with Gasteiger partial charge in [-0.15, -0.1) is 0 Å². The van der Waals surface area contributed by atoms with Gasteiger partial charge in [-0.1, -0.05) is 11.6 Å². The zero-order valence-electron chi connectivity index (χ0n) is 11.3. The number of halogens is 4. The van der Waals surface area contributed by atoms with E-state index in [1.54, 1.807) is 20.8 Å². The maximum Gasteiger partial charge on any atom is 0.417 e. The summed E-state index contributed by atoms with van der Waals surface area (Å²) in [5.41, 5.74) is -1.45. The number of carbonyl (C=O) groups is 1. The molecule has 0 radical (unpaired) electrons. The van der Waals surface area contributed by atoms with Crippen molar-refractivity contribution in [2.75, 3.05) is 11.9 Å². The van der Waals surface area contributed by atoms with Gasteiger partial charge in [0.25, 0.3) is 0 Å². The minimum atomic E-state index is -4.54. The molecule has 0 atom stereocenters. The summed E-state index contributed by atoms with van der Waals surface area (Å²) in [6.45, 7) is 4.88. The van der Waals surface area contributed by atoms with E-state index in [1.165, 1.54) is 6.07 Å². The number of rotatable bonds is 3. The van der Waals surface area contributed by atoms with Gasteiger partial charge in [0.1, 0.15) is 12.1 Å². The summed E-state index contributed by atoms with van der Waals surface area (Å²) in [5, 5.41) is 2.18. The summed E-state index contributed by atoms with van der Waals surface area (Å²) in [7, 11) is 0. The average molecular weight is 310 g/mol. The van der Waals surface area contributed by atoms with Gasteiger partial charge in [-0.25, -0.2) is 0 Å². The summed E-state index contributed by atoms with van der Waals surface area (Å²) < 4.78 is 43.0. The fraction of sp³-hybridized carbons (Fsp3) is 0.462. The van der Waals surface area contributed by atoms with Gasteiger partial charge in [0.2, 0.25) is 0 Å². The summed E-state index contributed by atoms with van der Waals surface area (Å²) in [5.74, 6) is -0.555. The van der Waals surface area contributed by atoms with Gasteiger partial charge in [0.15, 0.2) is 0 Å². The molecule has 0 fully saturated rings.